The summed E-state index contributed by atoms with van der Waals surface area (Å²) in [5.74, 6) is -0.552. The molecule has 0 radical (unpaired) electrons. The summed E-state index contributed by atoms with van der Waals surface area (Å²) in [7, 11) is -2.37. The van der Waals surface area contributed by atoms with Gasteiger partial charge in [0.05, 0.1) is 10.4 Å². The molecule has 3 aromatic rings. The Morgan fingerprint density at radius 1 is 1.13 bits per heavy atom. The Labute approximate surface area is 131 Å². The fourth-order valence-corrected chi connectivity index (χ4v) is 3.19. The maximum atomic E-state index is 12.5. The fourth-order valence-electron chi connectivity index (χ4n) is 2.22. The predicted molar refractivity (Wildman–Crippen MR) is 83.8 cm³/mol. The average molecular weight is 334 g/mol. The second kappa shape index (κ2) is 5.20. The maximum Gasteiger partial charge on any atom is 0.419 e. The SMILES string of the molecule is Cc1cc(C)nc(NS(=O)(=O)c2ccc3oc(=O)n(C)c3c2)n1. The van der Waals surface area contributed by atoms with E-state index in [9.17, 15) is 13.2 Å². The number of fused-ring (bicyclic) bond motifs is 1. The lowest BCUT2D eigenvalue weighted by Gasteiger charge is -2.08. The van der Waals surface area contributed by atoms with Gasteiger partial charge in [-0.05, 0) is 38.1 Å². The first-order valence-electron chi connectivity index (χ1n) is 6.71. The Hall–Kier alpha value is -2.68. The van der Waals surface area contributed by atoms with Crippen molar-refractivity contribution in [2.45, 2.75) is 18.7 Å². The van der Waals surface area contributed by atoms with Crippen molar-refractivity contribution >= 4 is 27.1 Å². The molecular weight excluding hydrogens is 320 g/mol. The van der Waals surface area contributed by atoms with Crippen LogP contribution < -0.4 is 10.5 Å². The van der Waals surface area contributed by atoms with E-state index in [0.29, 0.717) is 22.5 Å². The third-order valence-corrected chi connectivity index (χ3v) is 4.61. The Morgan fingerprint density at radius 2 is 1.78 bits per heavy atom. The van der Waals surface area contributed by atoms with Crippen LogP contribution in [-0.4, -0.2) is 23.0 Å². The van der Waals surface area contributed by atoms with E-state index in [1.54, 1.807) is 19.9 Å². The molecule has 0 atom stereocenters. The highest BCUT2D eigenvalue weighted by atomic mass is 32.2. The smallest absolute Gasteiger partial charge is 0.408 e. The van der Waals surface area contributed by atoms with Gasteiger partial charge in [0.15, 0.2) is 5.58 Å². The lowest BCUT2D eigenvalue weighted by atomic mass is 10.3. The highest BCUT2D eigenvalue weighted by Gasteiger charge is 2.18. The molecule has 0 saturated carbocycles. The first-order valence-corrected chi connectivity index (χ1v) is 8.19. The van der Waals surface area contributed by atoms with Gasteiger partial charge < -0.3 is 4.42 Å². The van der Waals surface area contributed by atoms with Crippen molar-refractivity contribution in [1.29, 1.82) is 0 Å². The number of benzene rings is 1. The molecule has 9 heteroatoms. The molecule has 0 fully saturated rings. The van der Waals surface area contributed by atoms with Gasteiger partial charge in [0.1, 0.15) is 0 Å². The van der Waals surface area contributed by atoms with Crippen LogP contribution in [0.15, 0.2) is 38.4 Å². The molecule has 0 aliphatic heterocycles. The lowest BCUT2D eigenvalue weighted by Crippen LogP contribution is -2.16. The summed E-state index contributed by atoms with van der Waals surface area (Å²) in [5.41, 5.74) is 2.02. The van der Waals surface area contributed by atoms with Crippen molar-refractivity contribution in [3.8, 4) is 0 Å². The van der Waals surface area contributed by atoms with Gasteiger partial charge >= 0.3 is 5.76 Å². The van der Waals surface area contributed by atoms with Crippen molar-refractivity contribution in [3.05, 3.63) is 46.2 Å². The molecule has 2 heterocycles. The Kier molecular flexibility index (Phi) is 3.44. The van der Waals surface area contributed by atoms with Crippen LogP contribution in [0.3, 0.4) is 0 Å². The molecule has 2 aromatic heterocycles. The normalized spacial score (nSPS) is 11.8. The minimum atomic E-state index is -3.88. The molecule has 23 heavy (non-hydrogen) atoms. The summed E-state index contributed by atoms with van der Waals surface area (Å²) in [5, 5.41) is 0. The molecule has 8 nitrogen and oxygen atoms in total. The van der Waals surface area contributed by atoms with Crippen molar-refractivity contribution in [2.75, 3.05) is 4.72 Å². The third-order valence-electron chi connectivity index (χ3n) is 3.28. The van der Waals surface area contributed by atoms with Crippen LogP contribution in [0.25, 0.3) is 11.1 Å². The van der Waals surface area contributed by atoms with E-state index in [4.69, 9.17) is 4.42 Å². The zero-order chi connectivity index (χ0) is 16.8. The minimum absolute atomic E-state index is 0.00341. The van der Waals surface area contributed by atoms with E-state index in [2.05, 4.69) is 14.7 Å². The van der Waals surface area contributed by atoms with Crippen LogP contribution in [-0.2, 0) is 17.1 Å². The summed E-state index contributed by atoms with van der Waals surface area (Å²) < 4.78 is 33.5. The molecule has 0 spiro atoms. The van der Waals surface area contributed by atoms with Crippen LogP contribution >= 0.6 is 0 Å². The topological polar surface area (TPSA) is 107 Å². The minimum Gasteiger partial charge on any atom is -0.408 e. The molecule has 0 aliphatic carbocycles. The largest absolute Gasteiger partial charge is 0.419 e. The first kappa shape index (κ1) is 15.2. The Morgan fingerprint density at radius 3 is 2.43 bits per heavy atom. The predicted octanol–water partition coefficient (Wildman–Crippen LogP) is 1.34. The van der Waals surface area contributed by atoms with Crippen LogP contribution in [0.1, 0.15) is 11.4 Å². The zero-order valence-electron chi connectivity index (χ0n) is 12.7. The van der Waals surface area contributed by atoms with Crippen LogP contribution in [0.2, 0.25) is 0 Å². The summed E-state index contributed by atoms with van der Waals surface area (Å²) in [6, 6.07) is 5.90. The average Bonchev–Trinajstić information content (AvgIpc) is 2.72. The van der Waals surface area contributed by atoms with E-state index >= 15 is 0 Å². The van der Waals surface area contributed by atoms with Crippen LogP contribution in [0, 0.1) is 13.8 Å². The summed E-state index contributed by atoms with van der Waals surface area (Å²) in [6.45, 7) is 3.50. The van der Waals surface area contributed by atoms with Gasteiger partial charge in [0, 0.05) is 18.4 Å². The van der Waals surface area contributed by atoms with E-state index in [1.807, 2.05) is 0 Å². The standard InChI is InChI=1S/C14H14N4O4S/c1-8-6-9(2)16-13(15-8)17-23(20,21)10-4-5-12-11(7-10)18(3)14(19)22-12/h4-7H,1-3H3,(H,15,16,17). The summed E-state index contributed by atoms with van der Waals surface area (Å²) in [6.07, 6.45) is 0. The highest BCUT2D eigenvalue weighted by Crippen LogP contribution is 2.19. The van der Waals surface area contributed by atoms with Gasteiger partial charge in [-0.1, -0.05) is 0 Å². The number of aromatic nitrogens is 3. The Bertz CT molecular complexity index is 1050. The molecule has 0 unspecified atom stereocenters. The van der Waals surface area contributed by atoms with Gasteiger partial charge in [-0.2, -0.15) is 0 Å². The van der Waals surface area contributed by atoms with Crippen molar-refractivity contribution in [2.24, 2.45) is 7.05 Å². The molecule has 1 N–H and O–H groups in total. The van der Waals surface area contributed by atoms with Gasteiger partial charge in [-0.25, -0.2) is 27.9 Å². The number of sulfonamides is 1. The molecule has 0 bridgehead atoms. The number of hydrogen-bond acceptors (Lipinski definition) is 6. The van der Waals surface area contributed by atoms with Crippen molar-refractivity contribution in [3.63, 3.8) is 0 Å². The fraction of sp³-hybridized carbons (Fsp3) is 0.214. The van der Waals surface area contributed by atoms with E-state index in [-0.39, 0.29) is 10.8 Å². The molecular formula is C14H14N4O4S. The number of nitrogens with zero attached hydrogens (tertiary/aromatic N) is 3. The van der Waals surface area contributed by atoms with Gasteiger partial charge in [-0.3, -0.25) is 4.57 Å². The zero-order valence-corrected chi connectivity index (χ0v) is 13.5. The molecule has 0 aliphatic rings. The van der Waals surface area contributed by atoms with Crippen LogP contribution in [0.5, 0.6) is 0 Å². The van der Waals surface area contributed by atoms with E-state index < -0.39 is 15.8 Å². The second-order valence-electron chi connectivity index (χ2n) is 5.14. The number of rotatable bonds is 3. The summed E-state index contributed by atoms with van der Waals surface area (Å²) >= 11 is 0. The van der Waals surface area contributed by atoms with E-state index in [0.717, 1.165) is 0 Å². The quantitative estimate of drug-likeness (QED) is 0.774. The van der Waals surface area contributed by atoms with Gasteiger partial charge in [-0.15, -0.1) is 0 Å². The molecule has 3 rings (SSSR count). The lowest BCUT2D eigenvalue weighted by molar-refractivity contribution is 0.528. The Balaban J connectivity index is 2.05. The molecule has 120 valence electrons. The summed E-state index contributed by atoms with van der Waals surface area (Å²) in [4.78, 5) is 19.6. The number of anilines is 1. The number of nitrogens with one attached hydrogen (secondary N) is 1. The van der Waals surface area contributed by atoms with Gasteiger partial charge in [0.2, 0.25) is 5.95 Å². The van der Waals surface area contributed by atoms with E-state index in [1.165, 1.54) is 29.8 Å². The number of aryl methyl sites for hydroxylation is 3. The molecule has 0 saturated heterocycles. The second-order valence-corrected chi connectivity index (χ2v) is 6.82. The highest BCUT2D eigenvalue weighted by molar-refractivity contribution is 7.92. The van der Waals surface area contributed by atoms with Gasteiger partial charge in [0.25, 0.3) is 10.0 Å². The monoisotopic (exact) mass is 334 g/mol. The molecule has 1 aromatic carbocycles. The van der Waals surface area contributed by atoms with Crippen molar-refractivity contribution < 1.29 is 12.8 Å². The third kappa shape index (κ3) is 2.82. The first-order chi connectivity index (χ1) is 10.8. The molecule has 0 amide bonds. The number of oxazole rings is 1. The van der Waals surface area contributed by atoms with Crippen molar-refractivity contribution in [1.82, 2.24) is 14.5 Å². The van der Waals surface area contributed by atoms with Crippen LogP contribution in [0.4, 0.5) is 5.95 Å². The number of hydrogen-bond donors (Lipinski definition) is 1. The maximum absolute atomic E-state index is 12.5.